The third-order valence-electron chi connectivity index (χ3n) is 3.02. The number of halogens is 4. The summed E-state index contributed by atoms with van der Waals surface area (Å²) >= 11 is 25.4. The monoisotopic (exact) mass is 364 g/mol. The smallest absolute Gasteiger partial charge is 0.169 e. The Morgan fingerprint density at radius 2 is 1.67 bits per heavy atom. The number of methoxy groups -OCH3 is 2. The summed E-state index contributed by atoms with van der Waals surface area (Å²) in [6, 6.07) is 10.5. The Balaban J connectivity index is 2.58. The molecule has 0 saturated heterocycles. The molecule has 112 valence electrons. The first-order valence-electron chi connectivity index (χ1n) is 5.96. The fourth-order valence-corrected chi connectivity index (χ4v) is 3.25. The predicted molar refractivity (Wildman–Crippen MR) is 88.5 cm³/mol. The first-order chi connectivity index (χ1) is 9.91. The molecule has 0 spiro atoms. The molecule has 2 nitrogen and oxygen atoms in total. The Morgan fingerprint density at radius 1 is 0.952 bits per heavy atom. The van der Waals surface area contributed by atoms with E-state index in [1.54, 1.807) is 43.5 Å². The molecule has 0 aliphatic heterocycles. The highest BCUT2D eigenvalue weighted by molar-refractivity contribution is 6.51. The molecule has 0 radical (unpaired) electrons. The van der Waals surface area contributed by atoms with Crippen LogP contribution in [0.1, 0.15) is 11.1 Å². The SMILES string of the molecule is COc1cccc(C(Cl)(Cl)c2ccc(Cl)c(OC)c2Cl)c1. The molecule has 6 heteroatoms. The molecule has 0 bridgehead atoms. The van der Waals surface area contributed by atoms with E-state index in [0.717, 1.165) is 0 Å². The van der Waals surface area contributed by atoms with Crippen LogP contribution in [0.2, 0.25) is 10.0 Å². The molecule has 0 atom stereocenters. The van der Waals surface area contributed by atoms with E-state index in [1.165, 1.54) is 7.11 Å². The van der Waals surface area contributed by atoms with Gasteiger partial charge in [-0.15, -0.1) is 0 Å². The summed E-state index contributed by atoms with van der Waals surface area (Å²) in [6.07, 6.45) is 0. The summed E-state index contributed by atoms with van der Waals surface area (Å²) < 4.78 is 9.01. The lowest BCUT2D eigenvalue weighted by Crippen LogP contribution is -2.13. The minimum Gasteiger partial charge on any atom is -0.497 e. The largest absolute Gasteiger partial charge is 0.497 e. The minimum atomic E-state index is -1.36. The number of benzene rings is 2. The van der Waals surface area contributed by atoms with E-state index in [9.17, 15) is 0 Å². The van der Waals surface area contributed by atoms with E-state index in [0.29, 0.717) is 27.6 Å². The van der Waals surface area contributed by atoms with E-state index >= 15 is 0 Å². The number of rotatable bonds is 4. The van der Waals surface area contributed by atoms with Crippen LogP contribution in [0.15, 0.2) is 36.4 Å². The molecule has 0 unspecified atom stereocenters. The van der Waals surface area contributed by atoms with Crippen molar-refractivity contribution in [3.8, 4) is 11.5 Å². The fourth-order valence-electron chi connectivity index (χ4n) is 1.94. The van der Waals surface area contributed by atoms with Crippen LogP contribution in [0.4, 0.5) is 0 Å². The molecule has 21 heavy (non-hydrogen) atoms. The Kier molecular flexibility index (Phi) is 5.15. The Hall–Kier alpha value is -0.800. The normalized spacial score (nSPS) is 11.3. The van der Waals surface area contributed by atoms with Gasteiger partial charge in [-0.05, 0) is 23.8 Å². The van der Waals surface area contributed by atoms with Crippen LogP contribution in [0, 0.1) is 0 Å². The van der Waals surface area contributed by atoms with E-state index < -0.39 is 4.33 Å². The van der Waals surface area contributed by atoms with Crippen molar-refractivity contribution in [1.29, 1.82) is 0 Å². The quantitative estimate of drug-likeness (QED) is 0.648. The minimum absolute atomic E-state index is 0.276. The highest BCUT2D eigenvalue weighted by Crippen LogP contribution is 2.48. The van der Waals surface area contributed by atoms with Crippen LogP contribution in [0.3, 0.4) is 0 Å². The zero-order valence-corrected chi connectivity index (χ0v) is 14.3. The van der Waals surface area contributed by atoms with Gasteiger partial charge in [0.25, 0.3) is 0 Å². The molecule has 2 aromatic carbocycles. The first kappa shape index (κ1) is 16.6. The van der Waals surface area contributed by atoms with Gasteiger partial charge in [0.2, 0.25) is 0 Å². The lowest BCUT2D eigenvalue weighted by molar-refractivity contribution is 0.414. The van der Waals surface area contributed by atoms with Gasteiger partial charge in [0.05, 0.1) is 24.3 Å². The van der Waals surface area contributed by atoms with Gasteiger partial charge in [-0.25, -0.2) is 0 Å². The predicted octanol–water partition coefficient (Wildman–Crippen LogP) is 5.69. The number of hydrogen-bond acceptors (Lipinski definition) is 2. The Morgan fingerprint density at radius 3 is 2.29 bits per heavy atom. The summed E-state index contributed by atoms with van der Waals surface area (Å²) in [5, 5.41) is 0.666. The van der Waals surface area contributed by atoms with E-state index in [-0.39, 0.29) is 5.02 Å². The van der Waals surface area contributed by atoms with Crippen molar-refractivity contribution in [2.24, 2.45) is 0 Å². The average Bonchev–Trinajstić information content (AvgIpc) is 2.47. The second kappa shape index (κ2) is 6.53. The average molecular weight is 366 g/mol. The molecular formula is C15H12Cl4O2. The summed E-state index contributed by atoms with van der Waals surface area (Å²) in [4.78, 5) is 0. The van der Waals surface area contributed by atoms with Gasteiger partial charge in [-0.1, -0.05) is 64.6 Å². The molecule has 0 aliphatic carbocycles. The molecular weight excluding hydrogens is 354 g/mol. The van der Waals surface area contributed by atoms with Gasteiger partial charge >= 0.3 is 0 Å². The molecule has 0 amide bonds. The maximum Gasteiger partial charge on any atom is 0.169 e. The van der Waals surface area contributed by atoms with Crippen molar-refractivity contribution >= 4 is 46.4 Å². The number of ether oxygens (including phenoxy) is 2. The van der Waals surface area contributed by atoms with Crippen LogP contribution in [-0.4, -0.2) is 14.2 Å². The van der Waals surface area contributed by atoms with Crippen molar-refractivity contribution in [3.05, 3.63) is 57.6 Å². The van der Waals surface area contributed by atoms with Gasteiger partial charge in [0.1, 0.15) is 5.75 Å². The zero-order valence-electron chi connectivity index (χ0n) is 11.3. The van der Waals surface area contributed by atoms with Gasteiger partial charge in [-0.2, -0.15) is 0 Å². The second-order valence-corrected chi connectivity index (χ2v) is 6.36. The van der Waals surface area contributed by atoms with Crippen LogP contribution in [0.25, 0.3) is 0 Å². The highest BCUT2D eigenvalue weighted by Gasteiger charge is 2.33. The Bertz CT molecular complexity index is 656. The van der Waals surface area contributed by atoms with Crippen LogP contribution in [-0.2, 0) is 4.33 Å². The molecule has 0 aliphatic rings. The molecule has 0 fully saturated rings. The summed E-state index contributed by atoms with van der Waals surface area (Å²) in [5.74, 6) is 0.986. The maximum absolute atomic E-state index is 6.53. The third-order valence-corrected chi connectivity index (χ3v) is 4.54. The molecule has 0 heterocycles. The zero-order chi connectivity index (χ0) is 15.6. The van der Waals surface area contributed by atoms with Gasteiger partial charge in [-0.3, -0.25) is 0 Å². The van der Waals surface area contributed by atoms with Crippen LogP contribution < -0.4 is 9.47 Å². The standard InChI is InChI=1S/C15H12Cl4O2/c1-20-10-5-3-4-9(8-10)15(18,19)11-6-7-12(16)14(21-2)13(11)17/h3-8H,1-2H3. The van der Waals surface area contributed by atoms with Crippen molar-refractivity contribution < 1.29 is 9.47 Å². The van der Waals surface area contributed by atoms with E-state index in [1.807, 2.05) is 0 Å². The molecule has 0 saturated carbocycles. The molecule has 0 N–H and O–H groups in total. The lowest BCUT2D eigenvalue weighted by Gasteiger charge is -2.23. The van der Waals surface area contributed by atoms with E-state index in [4.69, 9.17) is 55.9 Å². The van der Waals surface area contributed by atoms with Crippen molar-refractivity contribution in [2.75, 3.05) is 14.2 Å². The van der Waals surface area contributed by atoms with Crippen molar-refractivity contribution in [2.45, 2.75) is 4.33 Å². The van der Waals surface area contributed by atoms with E-state index in [2.05, 4.69) is 0 Å². The van der Waals surface area contributed by atoms with Gasteiger partial charge in [0.15, 0.2) is 10.1 Å². The summed E-state index contributed by atoms with van der Waals surface area (Å²) in [6.45, 7) is 0. The number of hydrogen-bond donors (Lipinski definition) is 0. The van der Waals surface area contributed by atoms with Crippen LogP contribution in [0.5, 0.6) is 11.5 Å². The third kappa shape index (κ3) is 3.19. The highest BCUT2D eigenvalue weighted by atomic mass is 35.5. The summed E-state index contributed by atoms with van der Waals surface area (Å²) in [5.41, 5.74) is 1.12. The van der Waals surface area contributed by atoms with Crippen molar-refractivity contribution in [3.63, 3.8) is 0 Å². The number of alkyl halides is 2. The summed E-state index contributed by atoms with van der Waals surface area (Å²) in [7, 11) is 3.05. The molecule has 2 rings (SSSR count). The maximum atomic E-state index is 6.53. The van der Waals surface area contributed by atoms with Gasteiger partial charge < -0.3 is 9.47 Å². The Labute approximate surface area is 143 Å². The molecule has 2 aromatic rings. The lowest BCUT2D eigenvalue weighted by atomic mass is 10.0. The van der Waals surface area contributed by atoms with Crippen molar-refractivity contribution in [1.82, 2.24) is 0 Å². The fraction of sp³-hybridized carbons (Fsp3) is 0.200. The van der Waals surface area contributed by atoms with Crippen LogP contribution >= 0.6 is 46.4 Å². The first-order valence-corrected chi connectivity index (χ1v) is 7.47. The molecule has 0 aromatic heterocycles. The second-order valence-electron chi connectivity index (χ2n) is 4.25. The topological polar surface area (TPSA) is 18.5 Å². The van der Waals surface area contributed by atoms with Gasteiger partial charge in [0, 0.05) is 5.56 Å².